The number of thioether (sulfide) groups is 1. The van der Waals surface area contributed by atoms with Gasteiger partial charge in [0.25, 0.3) is 0 Å². The van der Waals surface area contributed by atoms with E-state index >= 15 is 0 Å². The minimum absolute atomic E-state index is 0.367. The number of ether oxygens (including phenoxy) is 3. The largest absolute Gasteiger partial charge is 0.444 e. The highest BCUT2D eigenvalue weighted by atomic mass is 32.2. The first kappa shape index (κ1) is 30.9. The average Bonchev–Trinajstić information content (AvgIpc) is 2.74. The summed E-state index contributed by atoms with van der Waals surface area (Å²) in [5, 5.41) is 34.9. The van der Waals surface area contributed by atoms with Crippen LogP contribution < -0.4 is 10.6 Å². The number of carbonyl (C=O) groups is 2. The van der Waals surface area contributed by atoms with Crippen molar-refractivity contribution in [3.05, 3.63) is 0 Å². The van der Waals surface area contributed by atoms with Crippen LogP contribution in [-0.4, -0.2) is 94.8 Å². The number of carbonyl (C=O) groups excluding carboxylic acids is 2. The van der Waals surface area contributed by atoms with E-state index < -0.39 is 42.9 Å². The number of hydrogen-bond donors (Lipinski definition) is 5. The van der Waals surface area contributed by atoms with Crippen molar-refractivity contribution in [1.29, 1.82) is 0 Å². The molecule has 0 aliphatic carbocycles. The second-order valence-corrected chi connectivity index (χ2v) is 10.7. The van der Waals surface area contributed by atoms with Crippen LogP contribution in [0.25, 0.3) is 0 Å². The predicted octanol–water partition coefficient (Wildman–Crippen LogP) is 1.55. The van der Waals surface area contributed by atoms with E-state index in [0.717, 1.165) is 50.0 Å². The van der Waals surface area contributed by atoms with Crippen molar-refractivity contribution in [2.24, 2.45) is 0 Å². The summed E-state index contributed by atoms with van der Waals surface area (Å²) in [6.45, 7) is 7.37. The molecule has 0 radical (unpaired) electrons. The molecule has 0 aromatic heterocycles. The van der Waals surface area contributed by atoms with Gasteiger partial charge in [0, 0.05) is 25.8 Å². The molecule has 0 saturated carbocycles. The lowest BCUT2D eigenvalue weighted by molar-refractivity contribution is -0.270. The van der Waals surface area contributed by atoms with Gasteiger partial charge in [0.1, 0.15) is 30.0 Å². The van der Waals surface area contributed by atoms with Gasteiger partial charge in [-0.25, -0.2) is 4.79 Å². The van der Waals surface area contributed by atoms with Crippen molar-refractivity contribution in [2.75, 3.05) is 31.3 Å². The molecule has 0 spiro atoms. The number of rotatable bonds is 15. The summed E-state index contributed by atoms with van der Waals surface area (Å²) < 4.78 is 16.4. The summed E-state index contributed by atoms with van der Waals surface area (Å²) in [6.07, 6.45) is 1.41. The molecule has 1 saturated heterocycles. The lowest BCUT2D eigenvalue weighted by Crippen LogP contribution is -2.64. The molecule has 0 aromatic carbocycles. The number of nitrogens with one attached hydrogen (secondary N) is 2. The molecule has 2 unspecified atom stereocenters. The number of aliphatic hydroxyl groups is 3. The Morgan fingerprint density at radius 1 is 1.00 bits per heavy atom. The van der Waals surface area contributed by atoms with E-state index in [4.69, 9.17) is 14.2 Å². The molecule has 34 heavy (non-hydrogen) atoms. The first-order valence-corrected chi connectivity index (χ1v) is 13.3. The van der Waals surface area contributed by atoms with Crippen molar-refractivity contribution in [2.45, 2.75) is 102 Å². The average molecular weight is 509 g/mol. The molecule has 1 heterocycles. The molecule has 11 heteroatoms. The van der Waals surface area contributed by atoms with Crippen LogP contribution in [0.15, 0.2) is 0 Å². The highest BCUT2D eigenvalue weighted by Crippen LogP contribution is 2.22. The Morgan fingerprint density at radius 3 is 2.26 bits per heavy atom. The molecule has 10 nitrogen and oxygen atoms in total. The van der Waals surface area contributed by atoms with Crippen molar-refractivity contribution in [1.82, 2.24) is 10.6 Å². The Kier molecular flexibility index (Phi) is 15.0. The Morgan fingerprint density at radius 2 is 1.65 bits per heavy atom. The van der Waals surface area contributed by atoms with E-state index in [1.54, 1.807) is 0 Å². The number of alkyl carbamates (subject to hydrolysis) is 1. The number of hydrogen-bond acceptors (Lipinski definition) is 9. The molecule has 0 bridgehead atoms. The minimum Gasteiger partial charge on any atom is -0.444 e. The van der Waals surface area contributed by atoms with Gasteiger partial charge in [0.05, 0.1) is 6.61 Å². The van der Waals surface area contributed by atoms with Gasteiger partial charge in [-0.3, -0.25) is 4.79 Å². The third kappa shape index (κ3) is 13.1. The zero-order valence-corrected chi connectivity index (χ0v) is 21.8. The van der Waals surface area contributed by atoms with Gasteiger partial charge in [0.15, 0.2) is 6.29 Å². The Hall–Kier alpha value is -1.11. The molecule has 1 aliphatic rings. The molecular formula is C23H44N2O8S. The third-order valence-corrected chi connectivity index (χ3v) is 6.20. The van der Waals surface area contributed by atoms with Crippen LogP contribution in [0.1, 0.15) is 66.2 Å². The van der Waals surface area contributed by atoms with Crippen molar-refractivity contribution in [3.63, 3.8) is 0 Å². The fourth-order valence-corrected chi connectivity index (χ4v) is 4.33. The third-order valence-electron chi connectivity index (χ3n) is 5.13. The fraction of sp³-hybridized carbons (Fsp3) is 0.913. The summed E-state index contributed by atoms with van der Waals surface area (Å²) >= 11 is 1.82. The van der Waals surface area contributed by atoms with Crippen LogP contribution in [-0.2, 0) is 19.0 Å². The first-order chi connectivity index (χ1) is 16.0. The van der Waals surface area contributed by atoms with Gasteiger partial charge in [-0.15, -0.1) is 0 Å². The van der Waals surface area contributed by atoms with E-state index in [1.807, 2.05) is 32.5 Å². The van der Waals surface area contributed by atoms with Crippen LogP contribution in [0.4, 0.5) is 4.79 Å². The maximum atomic E-state index is 11.5. The summed E-state index contributed by atoms with van der Waals surface area (Å²) in [7, 11) is 0. The molecule has 5 atom stereocenters. The van der Waals surface area contributed by atoms with Crippen molar-refractivity contribution in [3.8, 4) is 0 Å². The molecule has 5 N–H and O–H groups in total. The van der Waals surface area contributed by atoms with E-state index in [-0.39, 0.29) is 12.0 Å². The monoisotopic (exact) mass is 508 g/mol. The second-order valence-electron chi connectivity index (χ2n) is 9.47. The van der Waals surface area contributed by atoms with Gasteiger partial charge in [-0.05, 0) is 39.4 Å². The van der Waals surface area contributed by atoms with Gasteiger partial charge >= 0.3 is 6.09 Å². The van der Waals surface area contributed by atoms with Crippen LogP contribution in [0.3, 0.4) is 0 Å². The van der Waals surface area contributed by atoms with Crippen LogP contribution in [0, 0.1) is 0 Å². The quantitative estimate of drug-likeness (QED) is 0.208. The standard InChI is InChI=1S/C23H44N2O8S/c1-16(27)25-18-20(29)19(28)17(15-26)32-21(18)31-12-9-7-5-6-8-10-13-34-14-11-24-22(30)33-23(2,3)4/h17-21,26,28-29H,5-15H2,1-4H3,(H,24,30)(H,25,27)/t17?,18?,19-,20+,21+/m0/s1. The zero-order valence-electron chi connectivity index (χ0n) is 21.0. The number of aliphatic hydroxyl groups excluding tert-OH is 3. The van der Waals surface area contributed by atoms with E-state index in [2.05, 4.69) is 10.6 Å². The van der Waals surface area contributed by atoms with Crippen LogP contribution >= 0.6 is 11.8 Å². The molecule has 200 valence electrons. The summed E-state index contributed by atoms with van der Waals surface area (Å²) in [5.74, 6) is 1.55. The lowest BCUT2D eigenvalue weighted by Gasteiger charge is -2.42. The van der Waals surface area contributed by atoms with Crippen molar-refractivity contribution < 1.29 is 39.1 Å². The topological polar surface area (TPSA) is 147 Å². The molecule has 1 aliphatic heterocycles. The molecule has 1 rings (SSSR count). The van der Waals surface area contributed by atoms with E-state index in [1.165, 1.54) is 6.92 Å². The lowest BCUT2D eigenvalue weighted by atomic mass is 9.97. The summed E-state index contributed by atoms with van der Waals surface area (Å²) in [5.41, 5.74) is -0.475. The maximum absolute atomic E-state index is 11.5. The SMILES string of the molecule is CC(=O)NC1[C@H](OCCCCCCCCSCCNC(=O)OC(C)(C)C)OC(CO)[C@H](O)[C@@H]1O. The van der Waals surface area contributed by atoms with E-state index in [9.17, 15) is 24.9 Å². The van der Waals surface area contributed by atoms with Gasteiger partial charge in [-0.2, -0.15) is 11.8 Å². The number of unbranched alkanes of at least 4 members (excludes halogenated alkanes) is 5. The number of amides is 2. The van der Waals surface area contributed by atoms with E-state index in [0.29, 0.717) is 13.2 Å². The molecule has 2 amide bonds. The van der Waals surface area contributed by atoms with Gasteiger partial charge in [-0.1, -0.05) is 25.7 Å². The minimum atomic E-state index is -1.30. The Bertz CT molecular complexity index is 590. The van der Waals surface area contributed by atoms with Gasteiger partial charge < -0.3 is 40.2 Å². The Labute approximate surface area is 207 Å². The molecule has 0 aromatic rings. The smallest absolute Gasteiger partial charge is 0.407 e. The Balaban J connectivity index is 2.06. The second kappa shape index (κ2) is 16.5. The molecule has 1 fully saturated rings. The molecular weight excluding hydrogens is 464 g/mol. The highest BCUT2D eigenvalue weighted by molar-refractivity contribution is 7.99. The van der Waals surface area contributed by atoms with Crippen molar-refractivity contribution >= 4 is 23.8 Å². The van der Waals surface area contributed by atoms with Crippen LogP contribution in [0.5, 0.6) is 0 Å². The fourth-order valence-electron chi connectivity index (χ4n) is 3.47. The zero-order chi connectivity index (χ0) is 25.6. The normalized spacial score (nSPS) is 25.1. The first-order valence-electron chi connectivity index (χ1n) is 12.1. The van der Waals surface area contributed by atoms with Gasteiger partial charge in [0.2, 0.25) is 5.91 Å². The summed E-state index contributed by atoms with van der Waals surface area (Å²) in [4.78, 5) is 23.0. The highest BCUT2D eigenvalue weighted by Gasteiger charge is 2.45. The predicted molar refractivity (Wildman–Crippen MR) is 131 cm³/mol. The maximum Gasteiger partial charge on any atom is 0.407 e. The van der Waals surface area contributed by atoms with Crippen LogP contribution in [0.2, 0.25) is 0 Å². The summed E-state index contributed by atoms with van der Waals surface area (Å²) in [6, 6.07) is -0.896.